The van der Waals surface area contributed by atoms with Crippen molar-refractivity contribution in [2.45, 2.75) is 38.0 Å². The highest BCUT2D eigenvalue weighted by Crippen LogP contribution is 2.38. The molecule has 0 aromatic carbocycles. The van der Waals surface area contributed by atoms with Gasteiger partial charge >= 0.3 is 5.97 Å². The van der Waals surface area contributed by atoms with Gasteiger partial charge in [-0.1, -0.05) is 19.3 Å². The van der Waals surface area contributed by atoms with E-state index < -0.39 is 5.97 Å². The molecule has 5 heteroatoms. The van der Waals surface area contributed by atoms with Crippen LogP contribution in [-0.2, 0) is 7.05 Å². The standard InChI is InChI=1S/C11H15BrN2O2/c1-14-10(12)8(9(13-14)11(15)16)7-5-3-2-4-6-7/h7H,2-6H2,1H3,(H,15,16). The third kappa shape index (κ3) is 2.00. The van der Waals surface area contributed by atoms with Crippen LogP contribution in [0.4, 0.5) is 0 Å². The molecular weight excluding hydrogens is 272 g/mol. The van der Waals surface area contributed by atoms with E-state index in [4.69, 9.17) is 5.11 Å². The molecule has 0 spiro atoms. The van der Waals surface area contributed by atoms with Crippen LogP contribution in [0.15, 0.2) is 4.60 Å². The van der Waals surface area contributed by atoms with E-state index >= 15 is 0 Å². The summed E-state index contributed by atoms with van der Waals surface area (Å²) in [5.74, 6) is -0.579. The van der Waals surface area contributed by atoms with Crippen molar-refractivity contribution in [2.75, 3.05) is 0 Å². The largest absolute Gasteiger partial charge is 0.476 e. The average molecular weight is 287 g/mol. The van der Waals surface area contributed by atoms with E-state index in [2.05, 4.69) is 21.0 Å². The summed E-state index contributed by atoms with van der Waals surface area (Å²) in [5, 5.41) is 13.2. The van der Waals surface area contributed by atoms with Crippen molar-refractivity contribution in [1.29, 1.82) is 0 Å². The quantitative estimate of drug-likeness (QED) is 0.909. The zero-order valence-corrected chi connectivity index (χ0v) is 10.8. The lowest BCUT2D eigenvalue weighted by Gasteiger charge is -2.21. The molecular formula is C11H15BrN2O2. The third-order valence-electron chi connectivity index (χ3n) is 3.23. The van der Waals surface area contributed by atoms with Gasteiger partial charge in [0.2, 0.25) is 0 Å². The summed E-state index contributed by atoms with van der Waals surface area (Å²) < 4.78 is 2.42. The Bertz CT molecular complexity index is 408. The number of carboxylic acid groups (broad SMARTS) is 1. The Morgan fingerprint density at radius 3 is 2.62 bits per heavy atom. The van der Waals surface area contributed by atoms with Crippen molar-refractivity contribution in [3.63, 3.8) is 0 Å². The van der Waals surface area contributed by atoms with Crippen molar-refractivity contribution < 1.29 is 9.90 Å². The SMILES string of the molecule is Cn1nc(C(=O)O)c(C2CCCCC2)c1Br. The predicted molar refractivity (Wildman–Crippen MR) is 63.7 cm³/mol. The summed E-state index contributed by atoms with van der Waals surface area (Å²) in [6, 6.07) is 0. The molecule has 4 nitrogen and oxygen atoms in total. The van der Waals surface area contributed by atoms with Gasteiger partial charge in [-0.05, 0) is 34.7 Å². The predicted octanol–water partition coefficient (Wildman–Crippen LogP) is 2.93. The van der Waals surface area contributed by atoms with Crippen LogP contribution in [0.25, 0.3) is 0 Å². The Balaban J connectivity index is 2.40. The second kappa shape index (κ2) is 4.57. The van der Waals surface area contributed by atoms with Gasteiger partial charge in [0.1, 0.15) is 4.60 Å². The van der Waals surface area contributed by atoms with Crippen LogP contribution in [0.1, 0.15) is 54.1 Å². The summed E-state index contributed by atoms with van der Waals surface area (Å²) in [6.45, 7) is 0. The molecule has 0 radical (unpaired) electrons. The maximum atomic E-state index is 11.1. The fraction of sp³-hybridized carbons (Fsp3) is 0.636. The van der Waals surface area contributed by atoms with E-state index in [0.717, 1.165) is 23.0 Å². The summed E-state index contributed by atoms with van der Waals surface area (Å²) in [7, 11) is 1.77. The second-order valence-electron chi connectivity index (χ2n) is 4.32. The van der Waals surface area contributed by atoms with Crippen LogP contribution in [0.2, 0.25) is 0 Å². The molecule has 1 aliphatic rings. The highest BCUT2D eigenvalue weighted by molar-refractivity contribution is 9.10. The van der Waals surface area contributed by atoms with Crippen molar-refractivity contribution in [2.24, 2.45) is 7.05 Å². The van der Waals surface area contributed by atoms with Crippen LogP contribution < -0.4 is 0 Å². The van der Waals surface area contributed by atoms with Gasteiger partial charge in [0.15, 0.2) is 5.69 Å². The van der Waals surface area contributed by atoms with Crippen LogP contribution in [-0.4, -0.2) is 20.9 Å². The zero-order valence-electron chi connectivity index (χ0n) is 9.24. The minimum Gasteiger partial charge on any atom is -0.476 e. The molecule has 2 rings (SSSR count). The Labute approximate surface area is 103 Å². The number of aryl methyl sites for hydroxylation is 1. The third-order valence-corrected chi connectivity index (χ3v) is 4.17. The van der Waals surface area contributed by atoms with Gasteiger partial charge in [0, 0.05) is 12.6 Å². The minimum atomic E-state index is -0.929. The maximum Gasteiger partial charge on any atom is 0.356 e. The highest BCUT2D eigenvalue weighted by atomic mass is 79.9. The molecule has 16 heavy (non-hydrogen) atoms. The Hall–Kier alpha value is -0.840. The van der Waals surface area contributed by atoms with E-state index in [1.807, 2.05) is 0 Å². The molecule has 0 atom stereocenters. The van der Waals surface area contributed by atoms with Gasteiger partial charge < -0.3 is 5.11 Å². The van der Waals surface area contributed by atoms with Crippen LogP contribution in [0.3, 0.4) is 0 Å². The number of hydrogen-bond acceptors (Lipinski definition) is 2. The van der Waals surface area contributed by atoms with Gasteiger partial charge in [0.05, 0.1) is 0 Å². The van der Waals surface area contributed by atoms with Crippen molar-refractivity contribution in [1.82, 2.24) is 9.78 Å². The number of nitrogens with zero attached hydrogens (tertiary/aromatic N) is 2. The summed E-state index contributed by atoms with van der Waals surface area (Å²) in [4.78, 5) is 11.1. The maximum absolute atomic E-state index is 11.1. The molecule has 0 amide bonds. The molecule has 0 aliphatic heterocycles. The van der Waals surface area contributed by atoms with Gasteiger partial charge in [-0.2, -0.15) is 5.10 Å². The lowest BCUT2D eigenvalue weighted by atomic mass is 9.84. The molecule has 88 valence electrons. The summed E-state index contributed by atoms with van der Waals surface area (Å²) >= 11 is 3.44. The fourth-order valence-electron chi connectivity index (χ4n) is 2.43. The van der Waals surface area contributed by atoms with Crippen LogP contribution in [0.5, 0.6) is 0 Å². The van der Waals surface area contributed by atoms with E-state index in [1.54, 1.807) is 11.7 Å². The summed E-state index contributed by atoms with van der Waals surface area (Å²) in [6.07, 6.45) is 5.78. The number of rotatable bonds is 2. The minimum absolute atomic E-state index is 0.210. The van der Waals surface area contributed by atoms with Crippen molar-refractivity contribution in [3.8, 4) is 0 Å². The number of aromatic carboxylic acids is 1. The van der Waals surface area contributed by atoms with Gasteiger partial charge in [0.25, 0.3) is 0 Å². The molecule has 1 fully saturated rings. The molecule has 0 bridgehead atoms. The van der Waals surface area contributed by atoms with Gasteiger partial charge in [-0.25, -0.2) is 4.79 Å². The van der Waals surface area contributed by atoms with Gasteiger partial charge in [-0.15, -0.1) is 0 Å². The monoisotopic (exact) mass is 286 g/mol. The number of halogens is 1. The number of aromatic nitrogens is 2. The fourth-order valence-corrected chi connectivity index (χ4v) is 3.02. The van der Waals surface area contributed by atoms with Crippen LogP contribution >= 0.6 is 15.9 Å². The molecule has 1 saturated carbocycles. The number of carbonyl (C=O) groups is 1. The van der Waals surface area contributed by atoms with E-state index in [1.165, 1.54) is 19.3 Å². The smallest absolute Gasteiger partial charge is 0.356 e. The van der Waals surface area contributed by atoms with E-state index in [-0.39, 0.29) is 5.69 Å². The van der Waals surface area contributed by atoms with E-state index in [9.17, 15) is 4.79 Å². The highest BCUT2D eigenvalue weighted by Gasteiger charge is 2.27. The number of carboxylic acids is 1. The Morgan fingerprint density at radius 1 is 1.44 bits per heavy atom. The Morgan fingerprint density at radius 2 is 2.06 bits per heavy atom. The van der Waals surface area contributed by atoms with Crippen molar-refractivity contribution in [3.05, 3.63) is 15.9 Å². The molecule has 0 saturated heterocycles. The first-order chi connectivity index (χ1) is 7.61. The lowest BCUT2D eigenvalue weighted by Crippen LogP contribution is -2.09. The van der Waals surface area contributed by atoms with Gasteiger partial charge in [-0.3, -0.25) is 4.68 Å². The van der Waals surface area contributed by atoms with E-state index in [0.29, 0.717) is 5.92 Å². The second-order valence-corrected chi connectivity index (χ2v) is 5.07. The first-order valence-corrected chi connectivity index (χ1v) is 6.36. The topological polar surface area (TPSA) is 55.1 Å². The molecule has 1 aliphatic carbocycles. The molecule has 1 aromatic rings. The molecule has 1 N–H and O–H groups in total. The first-order valence-electron chi connectivity index (χ1n) is 5.57. The van der Waals surface area contributed by atoms with Crippen molar-refractivity contribution >= 4 is 21.9 Å². The molecule has 0 unspecified atom stereocenters. The van der Waals surface area contributed by atoms with Crippen LogP contribution in [0, 0.1) is 0 Å². The summed E-state index contributed by atoms with van der Waals surface area (Å²) in [5.41, 5.74) is 1.09. The zero-order chi connectivity index (χ0) is 11.7. The molecule has 1 aromatic heterocycles. The first kappa shape index (κ1) is 11.6. The lowest BCUT2D eigenvalue weighted by molar-refractivity contribution is 0.0687. The number of hydrogen-bond donors (Lipinski definition) is 1. The normalized spacial score (nSPS) is 17.6. The molecule has 1 heterocycles. The average Bonchev–Trinajstić information content (AvgIpc) is 2.57. The Kier molecular flexibility index (Phi) is 3.33.